The van der Waals surface area contributed by atoms with Crippen LogP contribution in [0.5, 0.6) is 5.75 Å². The van der Waals surface area contributed by atoms with Gasteiger partial charge in [0.2, 0.25) is 5.91 Å². The first-order chi connectivity index (χ1) is 17.0. The van der Waals surface area contributed by atoms with Gasteiger partial charge in [-0.3, -0.25) is 14.5 Å². The monoisotopic (exact) mass is 469 g/mol. The molecule has 2 amide bonds. The van der Waals surface area contributed by atoms with Crippen LogP contribution in [-0.2, 0) is 4.79 Å². The SMILES string of the molecule is COc1cccc(C(=O)N(CC(=O)N2c3ccccc3-n3cccc3C2c2ccco2)C(C)C)c1. The molecule has 0 fully saturated rings. The van der Waals surface area contributed by atoms with Crippen LogP contribution in [0.2, 0.25) is 0 Å². The third kappa shape index (κ3) is 3.99. The van der Waals surface area contributed by atoms with Crippen molar-refractivity contribution in [3.63, 3.8) is 0 Å². The van der Waals surface area contributed by atoms with Gasteiger partial charge in [-0.2, -0.15) is 0 Å². The molecule has 0 aliphatic carbocycles. The molecule has 5 rings (SSSR count). The first-order valence-electron chi connectivity index (χ1n) is 11.6. The highest BCUT2D eigenvalue weighted by molar-refractivity contribution is 6.02. The van der Waals surface area contributed by atoms with Crippen LogP contribution in [-0.4, -0.2) is 41.0 Å². The molecule has 0 radical (unpaired) electrons. The fourth-order valence-corrected chi connectivity index (χ4v) is 4.61. The number of fused-ring (bicyclic) bond motifs is 3. The van der Waals surface area contributed by atoms with E-state index in [1.54, 1.807) is 47.4 Å². The van der Waals surface area contributed by atoms with Gasteiger partial charge >= 0.3 is 0 Å². The smallest absolute Gasteiger partial charge is 0.254 e. The summed E-state index contributed by atoms with van der Waals surface area (Å²) in [6, 6.07) is 21.8. The van der Waals surface area contributed by atoms with E-state index in [1.807, 2.05) is 68.6 Å². The zero-order chi connectivity index (χ0) is 24.5. The fourth-order valence-electron chi connectivity index (χ4n) is 4.61. The average Bonchev–Trinajstić information content (AvgIpc) is 3.58. The second-order valence-electron chi connectivity index (χ2n) is 8.73. The van der Waals surface area contributed by atoms with Crippen molar-refractivity contribution in [3.8, 4) is 11.4 Å². The molecule has 0 spiro atoms. The molecule has 0 saturated heterocycles. The Hall–Kier alpha value is -4.26. The maximum absolute atomic E-state index is 14.0. The summed E-state index contributed by atoms with van der Waals surface area (Å²) in [6.45, 7) is 3.73. The summed E-state index contributed by atoms with van der Waals surface area (Å²) in [5, 5.41) is 0. The Morgan fingerprint density at radius 2 is 1.80 bits per heavy atom. The molecule has 4 aromatic rings. The van der Waals surface area contributed by atoms with Crippen molar-refractivity contribution in [2.45, 2.75) is 25.9 Å². The van der Waals surface area contributed by atoms with Crippen LogP contribution in [0.1, 0.15) is 41.7 Å². The zero-order valence-corrected chi connectivity index (χ0v) is 19.9. The van der Waals surface area contributed by atoms with Gasteiger partial charge in [-0.1, -0.05) is 18.2 Å². The first-order valence-corrected chi connectivity index (χ1v) is 11.6. The number of nitrogens with zero attached hydrogens (tertiary/aromatic N) is 3. The average molecular weight is 470 g/mol. The number of ether oxygens (including phenoxy) is 1. The number of rotatable bonds is 6. The normalized spacial score (nSPS) is 14.4. The molecule has 0 N–H and O–H groups in total. The first kappa shape index (κ1) is 22.5. The maximum Gasteiger partial charge on any atom is 0.254 e. The van der Waals surface area contributed by atoms with Crippen molar-refractivity contribution in [1.82, 2.24) is 9.47 Å². The van der Waals surface area contributed by atoms with E-state index in [0.717, 1.165) is 17.1 Å². The van der Waals surface area contributed by atoms with E-state index in [0.29, 0.717) is 17.1 Å². The molecule has 0 bridgehead atoms. The molecule has 1 atom stereocenters. The molecular weight excluding hydrogens is 442 g/mol. The molecule has 1 aliphatic rings. The highest BCUT2D eigenvalue weighted by Gasteiger charge is 2.38. The van der Waals surface area contributed by atoms with Crippen LogP contribution in [0, 0.1) is 0 Å². The lowest BCUT2D eigenvalue weighted by atomic mass is 10.0. The highest BCUT2D eigenvalue weighted by atomic mass is 16.5. The van der Waals surface area contributed by atoms with Crippen molar-refractivity contribution in [1.29, 1.82) is 0 Å². The minimum atomic E-state index is -0.455. The lowest BCUT2D eigenvalue weighted by Crippen LogP contribution is -2.48. The quantitative estimate of drug-likeness (QED) is 0.396. The third-order valence-electron chi connectivity index (χ3n) is 6.31. The van der Waals surface area contributed by atoms with E-state index in [2.05, 4.69) is 4.57 Å². The summed E-state index contributed by atoms with van der Waals surface area (Å²) in [7, 11) is 1.56. The molecule has 1 unspecified atom stereocenters. The minimum absolute atomic E-state index is 0.0834. The number of anilines is 1. The molecule has 178 valence electrons. The van der Waals surface area contributed by atoms with Crippen molar-refractivity contribution >= 4 is 17.5 Å². The van der Waals surface area contributed by atoms with Gasteiger partial charge in [0.1, 0.15) is 24.1 Å². The number of aromatic nitrogens is 1. The lowest BCUT2D eigenvalue weighted by Gasteiger charge is -2.38. The molecule has 2 aromatic carbocycles. The Balaban J connectivity index is 1.54. The van der Waals surface area contributed by atoms with Gasteiger partial charge < -0.3 is 18.6 Å². The van der Waals surface area contributed by atoms with E-state index >= 15 is 0 Å². The second-order valence-corrected chi connectivity index (χ2v) is 8.73. The number of para-hydroxylation sites is 2. The van der Waals surface area contributed by atoms with Crippen LogP contribution in [0.4, 0.5) is 5.69 Å². The summed E-state index contributed by atoms with van der Waals surface area (Å²) < 4.78 is 13.1. The van der Waals surface area contributed by atoms with Gasteiger partial charge in [0, 0.05) is 17.8 Å². The molecule has 7 nitrogen and oxygen atoms in total. The summed E-state index contributed by atoms with van der Waals surface area (Å²) in [5.41, 5.74) is 3.06. The number of benzene rings is 2. The number of furan rings is 1. The Labute approximate surface area is 204 Å². The lowest BCUT2D eigenvalue weighted by molar-refractivity contribution is -0.120. The summed E-state index contributed by atoms with van der Waals surface area (Å²) in [4.78, 5) is 30.8. The van der Waals surface area contributed by atoms with E-state index < -0.39 is 6.04 Å². The van der Waals surface area contributed by atoms with E-state index in [1.165, 1.54) is 0 Å². The molecule has 3 heterocycles. The van der Waals surface area contributed by atoms with Crippen LogP contribution in [0.15, 0.2) is 89.7 Å². The predicted molar refractivity (Wildman–Crippen MR) is 133 cm³/mol. The highest BCUT2D eigenvalue weighted by Crippen LogP contribution is 2.42. The Kier molecular flexibility index (Phi) is 5.91. The molecule has 0 saturated carbocycles. The Bertz CT molecular complexity index is 1360. The third-order valence-corrected chi connectivity index (χ3v) is 6.31. The number of amides is 2. The standard InChI is InChI=1S/C28H27N3O4/c1-19(2)30(28(33)20-9-6-10-21(17-20)34-3)18-26(32)31-23-12-5-4-11-22(23)29-15-7-13-24(29)27(31)25-14-8-16-35-25/h4-17,19,27H,18H2,1-3H3. The molecule has 35 heavy (non-hydrogen) atoms. The number of methoxy groups -OCH3 is 1. The summed E-state index contributed by atoms with van der Waals surface area (Å²) in [5.74, 6) is 0.823. The van der Waals surface area contributed by atoms with E-state index in [-0.39, 0.29) is 24.4 Å². The van der Waals surface area contributed by atoms with E-state index in [9.17, 15) is 9.59 Å². The van der Waals surface area contributed by atoms with Crippen LogP contribution < -0.4 is 9.64 Å². The van der Waals surface area contributed by atoms with Crippen molar-refractivity contribution in [2.75, 3.05) is 18.6 Å². The van der Waals surface area contributed by atoms with Crippen LogP contribution >= 0.6 is 0 Å². The molecule has 1 aliphatic heterocycles. The topological polar surface area (TPSA) is 67.9 Å². The fraction of sp³-hybridized carbons (Fsp3) is 0.214. The molecule has 7 heteroatoms. The van der Waals surface area contributed by atoms with Gasteiger partial charge in [-0.05, 0) is 68.4 Å². The Morgan fingerprint density at radius 3 is 2.51 bits per heavy atom. The largest absolute Gasteiger partial charge is 0.497 e. The Morgan fingerprint density at radius 1 is 1.00 bits per heavy atom. The van der Waals surface area contributed by atoms with Crippen LogP contribution in [0.25, 0.3) is 5.69 Å². The second kappa shape index (κ2) is 9.18. The van der Waals surface area contributed by atoms with Gasteiger partial charge in [-0.15, -0.1) is 0 Å². The van der Waals surface area contributed by atoms with E-state index in [4.69, 9.17) is 9.15 Å². The number of carbonyl (C=O) groups is 2. The number of hydrogen-bond donors (Lipinski definition) is 0. The van der Waals surface area contributed by atoms with Crippen molar-refractivity contribution in [2.24, 2.45) is 0 Å². The summed E-state index contributed by atoms with van der Waals surface area (Å²) >= 11 is 0. The molecule has 2 aromatic heterocycles. The number of hydrogen-bond acceptors (Lipinski definition) is 4. The maximum atomic E-state index is 14.0. The zero-order valence-electron chi connectivity index (χ0n) is 19.9. The van der Waals surface area contributed by atoms with Crippen molar-refractivity contribution < 1.29 is 18.7 Å². The predicted octanol–water partition coefficient (Wildman–Crippen LogP) is 5.07. The van der Waals surface area contributed by atoms with Crippen LogP contribution in [0.3, 0.4) is 0 Å². The number of carbonyl (C=O) groups excluding carboxylic acids is 2. The van der Waals surface area contributed by atoms with Gasteiger partial charge in [-0.25, -0.2) is 0 Å². The minimum Gasteiger partial charge on any atom is -0.497 e. The summed E-state index contributed by atoms with van der Waals surface area (Å²) in [6.07, 6.45) is 3.59. The van der Waals surface area contributed by atoms with Gasteiger partial charge in [0.25, 0.3) is 5.91 Å². The van der Waals surface area contributed by atoms with Gasteiger partial charge in [0.05, 0.1) is 30.4 Å². The van der Waals surface area contributed by atoms with Crippen molar-refractivity contribution in [3.05, 3.63) is 102 Å². The molecular formula is C28H27N3O4. The van der Waals surface area contributed by atoms with Gasteiger partial charge in [0.15, 0.2) is 0 Å².